The number of ether oxygens (including phenoxy) is 12. The van der Waals surface area contributed by atoms with E-state index in [1.165, 1.54) is 14.0 Å². The molecule has 4 aromatic rings. The van der Waals surface area contributed by atoms with Crippen LogP contribution < -0.4 is 18.9 Å². The SMILES string of the molecule is COc1ccc(CO[C@@H]2[C@@H](OC(=O)c3ccc(OC)cc3)[C@H](O[C@H]3[C@@H](OCc4ccc(OC)cc4)COC(O)[C@@H]3OC(C)=O)OC[C@H]2OCc2ccc(OC)cc2)cc1. The normalized spacial score (nSPS) is 24.1. The fraction of sp³-hybridized carbons (Fsp3) is 0.409. The van der Waals surface area contributed by atoms with Gasteiger partial charge in [0.25, 0.3) is 0 Å². The third-order valence-electron chi connectivity index (χ3n) is 9.80. The van der Waals surface area contributed by atoms with Gasteiger partial charge in [-0.05, 0) is 77.4 Å². The van der Waals surface area contributed by atoms with Crippen LogP contribution in [0, 0.1) is 0 Å². The smallest absolute Gasteiger partial charge is 0.338 e. The quantitative estimate of drug-likeness (QED) is 0.133. The van der Waals surface area contributed by atoms with Crippen LogP contribution in [-0.4, -0.2) is 108 Å². The molecule has 2 saturated heterocycles. The zero-order valence-electron chi connectivity index (χ0n) is 33.6. The van der Waals surface area contributed by atoms with Crippen molar-refractivity contribution in [2.75, 3.05) is 41.7 Å². The molecule has 59 heavy (non-hydrogen) atoms. The second-order valence-corrected chi connectivity index (χ2v) is 13.7. The van der Waals surface area contributed by atoms with Gasteiger partial charge in [0.2, 0.25) is 0 Å². The minimum absolute atomic E-state index is 0.0634. The second kappa shape index (κ2) is 21.1. The molecule has 0 bridgehead atoms. The fourth-order valence-electron chi connectivity index (χ4n) is 6.55. The molecule has 0 aliphatic carbocycles. The lowest BCUT2D eigenvalue weighted by atomic mass is 10.0. The van der Waals surface area contributed by atoms with Gasteiger partial charge in [0.15, 0.2) is 24.8 Å². The number of aliphatic hydroxyl groups is 1. The molecule has 2 fully saturated rings. The van der Waals surface area contributed by atoms with Gasteiger partial charge in [-0.3, -0.25) is 4.79 Å². The monoisotopic (exact) mass is 818 g/mol. The Balaban J connectivity index is 1.32. The van der Waals surface area contributed by atoms with Gasteiger partial charge >= 0.3 is 11.9 Å². The predicted molar refractivity (Wildman–Crippen MR) is 209 cm³/mol. The number of carbonyl (C=O) groups excluding carboxylic acids is 2. The molecular formula is C44H50O15. The van der Waals surface area contributed by atoms with Crippen molar-refractivity contribution in [3.05, 3.63) is 119 Å². The molecule has 0 spiro atoms. The largest absolute Gasteiger partial charge is 0.497 e. The van der Waals surface area contributed by atoms with E-state index in [4.69, 9.17) is 56.8 Å². The minimum atomic E-state index is -1.57. The Labute approximate surface area is 342 Å². The summed E-state index contributed by atoms with van der Waals surface area (Å²) in [4.78, 5) is 26.3. The van der Waals surface area contributed by atoms with Crippen LogP contribution in [0.3, 0.4) is 0 Å². The average molecular weight is 819 g/mol. The molecule has 0 radical (unpaired) electrons. The van der Waals surface area contributed by atoms with Crippen molar-refractivity contribution in [3.63, 3.8) is 0 Å². The third-order valence-corrected chi connectivity index (χ3v) is 9.80. The Hall–Kier alpha value is -5.26. The summed E-state index contributed by atoms with van der Waals surface area (Å²) in [6.45, 7) is 1.36. The molecule has 0 aromatic heterocycles. The maximum absolute atomic E-state index is 14.0. The van der Waals surface area contributed by atoms with Crippen LogP contribution in [0.2, 0.25) is 0 Å². The molecule has 0 amide bonds. The van der Waals surface area contributed by atoms with Gasteiger partial charge in [0.05, 0.1) is 67.0 Å². The van der Waals surface area contributed by atoms with E-state index < -0.39 is 61.1 Å². The van der Waals surface area contributed by atoms with E-state index in [1.54, 1.807) is 57.7 Å². The van der Waals surface area contributed by atoms with E-state index in [0.29, 0.717) is 23.0 Å². The Morgan fingerprint density at radius 2 is 0.966 bits per heavy atom. The van der Waals surface area contributed by atoms with Crippen LogP contribution in [0.4, 0.5) is 0 Å². The summed E-state index contributed by atoms with van der Waals surface area (Å²) in [6.07, 6.45) is -9.39. The molecule has 4 aromatic carbocycles. The van der Waals surface area contributed by atoms with Crippen LogP contribution in [0.25, 0.3) is 0 Å². The number of hydrogen-bond acceptors (Lipinski definition) is 15. The summed E-state index contributed by atoms with van der Waals surface area (Å²) in [5.41, 5.74) is 2.68. The molecule has 1 unspecified atom stereocenters. The van der Waals surface area contributed by atoms with Gasteiger partial charge in [0.1, 0.15) is 47.4 Å². The van der Waals surface area contributed by atoms with E-state index in [0.717, 1.165) is 16.7 Å². The molecule has 2 aliphatic heterocycles. The van der Waals surface area contributed by atoms with E-state index in [-0.39, 0.29) is 38.6 Å². The number of benzene rings is 4. The van der Waals surface area contributed by atoms with Crippen molar-refractivity contribution >= 4 is 11.9 Å². The molecule has 8 atom stereocenters. The lowest BCUT2D eigenvalue weighted by molar-refractivity contribution is -0.339. The molecule has 2 aliphatic rings. The Morgan fingerprint density at radius 3 is 1.42 bits per heavy atom. The van der Waals surface area contributed by atoms with Gasteiger partial charge in [-0.2, -0.15) is 0 Å². The first-order chi connectivity index (χ1) is 28.7. The van der Waals surface area contributed by atoms with Crippen LogP contribution in [0.5, 0.6) is 23.0 Å². The van der Waals surface area contributed by atoms with Crippen molar-refractivity contribution < 1.29 is 71.5 Å². The van der Waals surface area contributed by atoms with Crippen LogP contribution in [0.15, 0.2) is 97.1 Å². The van der Waals surface area contributed by atoms with Crippen LogP contribution in [0.1, 0.15) is 34.0 Å². The summed E-state index contributed by atoms with van der Waals surface area (Å²) >= 11 is 0. The fourth-order valence-corrected chi connectivity index (χ4v) is 6.55. The Morgan fingerprint density at radius 1 is 0.542 bits per heavy atom. The zero-order valence-corrected chi connectivity index (χ0v) is 33.6. The van der Waals surface area contributed by atoms with Crippen molar-refractivity contribution in [1.82, 2.24) is 0 Å². The first kappa shape index (κ1) is 43.3. The number of carbonyl (C=O) groups is 2. The van der Waals surface area contributed by atoms with Crippen molar-refractivity contribution in [2.24, 2.45) is 0 Å². The van der Waals surface area contributed by atoms with Gasteiger partial charge in [-0.1, -0.05) is 36.4 Å². The molecule has 316 valence electrons. The summed E-state index contributed by atoms with van der Waals surface area (Å²) in [5.74, 6) is 1.18. The number of rotatable bonds is 18. The molecule has 2 heterocycles. The molecular weight excluding hydrogens is 768 g/mol. The molecule has 15 heteroatoms. The van der Waals surface area contributed by atoms with E-state index >= 15 is 0 Å². The number of hydrogen-bond donors (Lipinski definition) is 1. The lowest BCUT2D eigenvalue weighted by Crippen LogP contribution is -2.62. The third kappa shape index (κ3) is 11.7. The topological polar surface area (TPSA) is 165 Å². The van der Waals surface area contributed by atoms with Crippen molar-refractivity contribution in [2.45, 2.75) is 75.9 Å². The average Bonchev–Trinajstić information content (AvgIpc) is 3.27. The van der Waals surface area contributed by atoms with Gasteiger partial charge in [-0.25, -0.2) is 4.79 Å². The lowest BCUT2D eigenvalue weighted by Gasteiger charge is -2.45. The van der Waals surface area contributed by atoms with Crippen molar-refractivity contribution in [3.8, 4) is 23.0 Å². The number of aliphatic hydroxyl groups excluding tert-OH is 1. The summed E-state index contributed by atoms with van der Waals surface area (Å²) in [6, 6.07) is 28.4. The van der Waals surface area contributed by atoms with E-state index in [9.17, 15) is 14.7 Å². The zero-order chi connectivity index (χ0) is 41.7. The van der Waals surface area contributed by atoms with E-state index in [1.807, 2.05) is 60.7 Å². The highest BCUT2D eigenvalue weighted by molar-refractivity contribution is 5.89. The highest BCUT2D eigenvalue weighted by Crippen LogP contribution is 2.32. The standard InChI is InChI=1S/C44H50O15/c1-27(45)57-40-39(37(25-55-43(40)47)53-23-29-8-16-33(49-3)17-9-29)59-44-41(58-42(46)31-12-20-35(51-5)21-13-31)38(54-24-30-10-18-34(50-4)19-11-30)36(26-56-44)52-22-28-6-14-32(48-2)15-7-28/h6-21,36-41,43-44,47H,22-26H2,1-5H3/t36-,37+,38+,39+,40-,41-,43?,44+/m1/s1. The van der Waals surface area contributed by atoms with Gasteiger partial charge in [0, 0.05) is 6.92 Å². The maximum Gasteiger partial charge on any atom is 0.338 e. The van der Waals surface area contributed by atoms with Crippen molar-refractivity contribution in [1.29, 1.82) is 0 Å². The number of esters is 2. The molecule has 0 saturated carbocycles. The molecule has 6 rings (SSSR count). The first-order valence-corrected chi connectivity index (χ1v) is 19.0. The second-order valence-electron chi connectivity index (χ2n) is 13.7. The van der Waals surface area contributed by atoms with Gasteiger partial charge in [-0.15, -0.1) is 0 Å². The highest BCUT2D eigenvalue weighted by Gasteiger charge is 2.51. The number of methoxy groups -OCH3 is 4. The molecule has 1 N–H and O–H groups in total. The maximum atomic E-state index is 14.0. The highest BCUT2D eigenvalue weighted by atomic mass is 16.7. The molecule has 15 nitrogen and oxygen atoms in total. The summed E-state index contributed by atoms with van der Waals surface area (Å²) in [7, 11) is 6.27. The predicted octanol–water partition coefficient (Wildman–Crippen LogP) is 5.02. The Bertz CT molecular complexity index is 1900. The first-order valence-electron chi connectivity index (χ1n) is 19.0. The van der Waals surface area contributed by atoms with Crippen LogP contribution >= 0.6 is 0 Å². The summed E-state index contributed by atoms with van der Waals surface area (Å²) < 4.78 is 71.0. The summed E-state index contributed by atoms with van der Waals surface area (Å²) in [5, 5.41) is 11.0. The van der Waals surface area contributed by atoms with Gasteiger partial charge < -0.3 is 61.9 Å². The minimum Gasteiger partial charge on any atom is -0.497 e. The van der Waals surface area contributed by atoms with E-state index in [2.05, 4.69) is 0 Å². The van der Waals surface area contributed by atoms with Crippen LogP contribution in [-0.2, 0) is 62.5 Å². The Kier molecular flexibility index (Phi) is 15.5.